The van der Waals surface area contributed by atoms with Crippen LogP contribution in [0.15, 0.2) is 28.0 Å². The SMILES string of the molecule is CCNC(=NCc1cccs1)NCc1scnc1C. The fourth-order valence-corrected chi connectivity index (χ4v) is 2.91. The molecule has 102 valence electrons. The molecule has 6 heteroatoms. The van der Waals surface area contributed by atoms with Crippen molar-refractivity contribution in [2.75, 3.05) is 6.54 Å². The Hall–Kier alpha value is -1.40. The highest BCUT2D eigenvalue weighted by atomic mass is 32.1. The van der Waals surface area contributed by atoms with Gasteiger partial charge in [0, 0.05) is 16.3 Å². The number of thiophene rings is 1. The molecule has 0 aliphatic rings. The molecular formula is C13H18N4S2. The van der Waals surface area contributed by atoms with E-state index >= 15 is 0 Å². The molecule has 0 fully saturated rings. The first-order valence-electron chi connectivity index (χ1n) is 6.23. The van der Waals surface area contributed by atoms with Crippen LogP contribution in [0.1, 0.15) is 22.4 Å². The molecule has 2 rings (SSSR count). The average molecular weight is 294 g/mol. The smallest absolute Gasteiger partial charge is 0.191 e. The fraction of sp³-hybridized carbons (Fsp3) is 0.385. The molecule has 19 heavy (non-hydrogen) atoms. The molecule has 2 N–H and O–H groups in total. The number of hydrogen-bond acceptors (Lipinski definition) is 4. The molecule has 2 aromatic rings. The van der Waals surface area contributed by atoms with E-state index in [1.54, 1.807) is 22.7 Å². The zero-order chi connectivity index (χ0) is 13.5. The lowest BCUT2D eigenvalue weighted by Gasteiger charge is -2.10. The quantitative estimate of drug-likeness (QED) is 0.658. The highest BCUT2D eigenvalue weighted by molar-refractivity contribution is 7.10. The van der Waals surface area contributed by atoms with E-state index in [4.69, 9.17) is 0 Å². The molecular weight excluding hydrogens is 276 g/mol. The zero-order valence-corrected chi connectivity index (χ0v) is 12.8. The third-order valence-corrected chi connectivity index (χ3v) is 4.37. The molecule has 2 heterocycles. The first-order chi connectivity index (χ1) is 9.29. The van der Waals surface area contributed by atoms with E-state index in [1.165, 1.54) is 9.75 Å². The number of guanidine groups is 1. The predicted molar refractivity (Wildman–Crippen MR) is 82.8 cm³/mol. The first kappa shape index (κ1) is 14.0. The molecule has 2 aromatic heterocycles. The molecule has 0 saturated heterocycles. The molecule has 0 spiro atoms. The summed E-state index contributed by atoms with van der Waals surface area (Å²) >= 11 is 3.40. The van der Waals surface area contributed by atoms with Crippen LogP contribution in [0, 0.1) is 6.92 Å². The summed E-state index contributed by atoms with van der Waals surface area (Å²) in [7, 11) is 0. The Morgan fingerprint density at radius 3 is 2.89 bits per heavy atom. The van der Waals surface area contributed by atoms with Gasteiger partial charge in [-0.2, -0.15) is 0 Å². The van der Waals surface area contributed by atoms with Crippen LogP contribution >= 0.6 is 22.7 Å². The maximum Gasteiger partial charge on any atom is 0.191 e. The van der Waals surface area contributed by atoms with Gasteiger partial charge < -0.3 is 10.6 Å². The molecule has 0 aliphatic carbocycles. The fourth-order valence-electron chi connectivity index (χ4n) is 1.56. The van der Waals surface area contributed by atoms with E-state index in [9.17, 15) is 0 Å². The van der Waals surface area contributed by atoms with Gasteiger partial charge in [0.2, 0.25) is 0 Å². The van der Waals surface area contributed by atoms with Crippen molar-refractivity contribution in [3.63, 3.8) is 0 Å². The second-order valence-electron chi connectivity index (χ2n) is 3.99. The van der Waals surface area contributed by atoms with Gasteiger partial charge in [-0.3, -0.25) is 0 Å². The number of hydrogen-bond donors (Lipinski definition) is 2. The van der Waals surface area contributed by atoms with Crippen molar-refractivity contribution in [1.29, 1.82) is 0 Å². The van der Waals surface area contributed by atoms with Gasteiger partial charge in [0.05, 0.1) is 24.3 Å². The summed E-state index contributed by atoms with van der Waals surface area (Å²) < 4.78 is 0. The van der Waals surface area contributed by atoms with E-state index in [1.807, 2.05) is 12.4 Å². The van der Waals surface area contributed by atoms with E-state index in [2.05, 4.69) is 45.0 Å². The minimum Gasteiger partial charge on any atom is -0.357 e. The van der Waals surface area contributed by atoms with Crippen LogP contribution in [0.2, 0.25) is 0 Å². The summed E-state index contributed by atoms with van der Waals surface area (Å²) in [5.41, 5.74) is 2.97. The molecule has 0 saturated carbocycles. The van der Waals surface area contributed by atoms with Crippen LogP contribution in [0.3, 0.4) is 0 Å². The molecule has 4 nitrogen and oxygen atoms in total. The summed E-state index contributed by atoms with van der Waals surface area (Å²) in [5.74, 6) is 0.851. The van der Waals surface area contributed by atoms with E-state index in [0.29, 0.717) is 6.54 Å². The number of nitrogens with zero attached hydrogens (tertiary/aromatic N) is 2. The van der Waals surface area contributed by atoms with Gasteiger partial charge in [-0.15, -0.1) is 22.7 Å². The van der Waals surface area contributed by atoms with Gasteiger partial charge in [-0.05, 0) is 25.3 Å². The summed E-state index contributed by atoms with van der Waals surface area (Å²) in [6.45, 7) is 6.45. The van der Waals surface area contributed by atoms with Crippen molar-refractivity contribution in [3.8, 4) is 0 Å². The second-order valence-corrected chi connectivity index (χ2v) is 5.96. The summed E-state index contributed by atoms with van der Waals surface area (Å²) in [6, 6.07) is 4.15. The Labute approximate surface area is 121 Å². The minimum absolute atomic E-state index is 0.717. The number of aliphatic imine (C=N–C) groups is 1. The number of thiazole rings is 1. The van der Waals surface area contributed by atoms with Crippen molar-refractivity contribution in [2.45, 2.75) is 26.9 Å². The van der Waals surface area contributed by atoms with Gasteiger partial charge in [0.15, 0.2) is 5.96 Å². The highest BCUT2D eigenvalue weighted by Gasteiger charge is 2.03. The normalized spacial score (nSPS) is 11.6. The van der Waals surface area contributed by atoms with Crippen molar-refractivity contribution >= 4 is 28.6 Å². The molecule has 0 aliphatic heterocycles. The highest BCUT2D eigenvalue weighted by Crippen LogP contribution is 2.11. The lowest BCUT2D eigenvalue weighted by atomic mass is 10.4. The molecule has 0 bridgehead atoms. The maximum atomic E-state index is 4.57. The van der Waals surface area contributed by atoms with Crippen LogP contribution in [0.25, 0.3) is 0 Å². The van der Waals surface area contributed by atoms with Crippen molar-refractivity contribution in [2.24, 2.45) is 4.99 Å². The number of nitrogens with one attached hydrogen (secondary N) is 2. The Morgan fingerprint density at radius 1 is 1.37 bits per heavy atom. The Balaban J connectivity index is 1.92. The summed E-state index contributed by atoms with van der Waals surface area (Å²) in [6.07, 6.45) is 0. The van der Waals surface area contributed by atoms with Gasteiger partial charge in [-0.25, -0.2) is 9.98 Å². The van der Waals surface area contributed by atoms with Gasteiger partial charge >= 0.3 is 0 Å². The molecule has 0 aromatic carbocycles. The van der Waals surface area contributed by atoms with Gasteiger partial charge in [-0.1, -0.05) is 6.07 Å². The number of rotatable bonds is 5. The Bertz CT molecular complexity index is 516. The molecule has 0 amide bonds. The van der Waals surface area contributed by atoms with E-state index < -0.39 is 0 Å². The minimum atomic E-state index is 0.717. The van der Waals surface area contributed by atoms with Crippen LogP contribution in [-0.4, -0.2) is 17.5 Å². The topological polar surface area (TPSA) is 49.3 Å². The molecule has 0 atom stereocenters. The Morgan fingerprint density at radius 2 is 2.26 bits per heavy atom. The average Bonchev–Trinajstić information content (AvgIpc) is 3.04. The summed E-state index contributed by atoms with van der Waals surface area (Å²) in [4.78, 5) is 11.3. The zero-order valence-electron chi connectivity index (χ0n) is 11.1. The van der Waals surface area contributed by atoms with Gasteiger partial charge in [0.1, 0.15) is 0 Å². The second kappa shape index (κ2) is 7.25. The standard InChI is InChI=1S/C13H18N4S2/c1-3-14-13(15-7-11-5-4-6-18-11)16-8-12-10(2)17-9-19-12/h4-6,9H,3,7-8H2,1-2H3,(H2,14,15,16). The third-order valence-electron chi connectivity index (χ3n) is 2.58. The monoisotopic (exact) mass is 294 g/mol. The van der Waals surface area contributed by atoms with Crippen LogP contribution in [0.5, 0.6) is 0 Å². The number of aromatic nitrogens is 1. The lowest BCUT2D eigenvalue weighted by Crippen LogP contribution is -2.36. The maximum absolute atomic E-state index is 4.57. The van der Waals surface area contributed by atoms with Gasteiger partial charge in [0.25, 0.3) is 0 Å². The summed E-state index contributed by atoms with van der Waals surface area (Å²) in [5, 5.41) is 8.67. The lowest BCUT2D eigenvalue weighted by molar-refractivity contribution is 0.820. The first-order valence-corrected chi connectivity index (χ1v) is 7.99. The Kier molecular flexibility index (Phi) is 5.35. The van der Waals surface area contributed by atoms with E-state index in [0.717, 1.165) is 24.7 Å². The molecule has 0 radical (unpaired) electrons. The third kappa shape index (κ3) is 4.33. The molecule has 0 unspecified atom stereocenters. The van der Waals surface area contributed by atoms with Crippen LogP contribution < -0.4 is 10.6 Å². The van der Waals surface area contributed by atoms with Crippen molar-refractivity contribution < 1.29 is 0 Å². The van der Waals surface area contributed by atoms with Crippen LogP contribution in [0.4, 0.5) is 0 Å². The largest absolute Gasteiger partial charge is 0.357 e. The predicted octanol–water partition coefficient (Wildman–Crippen LogP) is 2.77. The van der Waals surface area contributed by atoms with Crippen LogP contribution in [-0.2, 0) is 13.1 Å². The van der Waals surface area contributed by atoms with Crippen molar-refractivity contribution in [1.82, 2.24) is 15.6 Å². The van der Waals surface area contributed by atoms with Crippen molar-refractivity contribution in [3.05, 3.63) is 38.5 Å². The number of aryl methyl sites for hydroxylation is 1. The van der Waals surface area contributed by atoms with E-state index in [-0.39, 0.29) is 0 Å².